The van der Waals surface area contributed by atoms with Crippen molar-refractivity contribution in [3.8, 4) is 0 Å². The number of aryl methyl sites for hydroxylation is 2. The van der Waals surface area contributed by atoms with E-state index in [9.17, 15) is 8.42 Å². The first-order chi connectivity index (χ1) is 9.79. The molecule has 0 spiro atoms. The maximum atomic E-state index is 11.6. The molecule has 0 aliphatic carbocycles. The van der Waals surface area contributed by atoms with Crippen LogP contribution < -0.4 is 4.72 Å². The summed E-state index contributed by atoms with van der Waals surface area (Å²) in [7, 11) is -0.466. The van der Waals surface area contributed by atoms with Gasteiger partial charge in [-0.25, -0.2) is 0 Å². The Balaban J connectivity index is 1.96. The van der Waals surface area contributed by atoms with Gasteiger partial charge < -0.3 is 4.84 Å². The predicted octanol–water partition coefficient (Wildman–Crippen LogP) is 1.19. The molecule has 0 unspecified atom stereocenters. The molecule has 1 N–H and O–H groups in total. The minimum atomic E-state index is -3.43. The van der Waals surface area contributed by atoms with Crippen molar-refractivity contribution in [3.05, 3.63) is 34.9 Å². The summed E-state index contributed by atoms with van der Waals surface area (Å²) in [4.78, 5) is 5.31. The van der Waals surface area contributed by atoms with Gasteiger partial charge in [0.15, 0.2) is 0 Å². The zero-order chi connectivity index (χ0) is 15.6. The Morgan fingerprint density at radius 3 is 2.67 bits per heavy atom. The summed E-state index contributed by atoms with van der Waals surface area (Å²) < 4.78 is 26.9. The lowest BCUT2D eigenvalue weighted by Gasteiger charge is -2.14. The monoisotopic (exact) mass is 311 g/mol. The number of benzene rings is 1. The fraction of sp³-hybridized carbons (Fsp3) is 0.500. The zero-order valence-corrected chi connectivity index (χ0v) is 13.6. The third-order valence-electron chi connectivity index (χ3n) is 3.55. The van der Waals surface area contributed by atoms with E-state index in [4.69, 9.17) is 4.84 Å². The molecule has 0 aromatic heterocycles. The van der Waals surface area contributed by atoms with Crippen molar-refractivity contribution >= 4 is 15.9 Å². The number of nitrogens with zero attached hydrogens (tertiary/aromatic N) is 2. The first kappa shape index (κ1) is 15.9. The van der Waals surface area contributed by atoms with Gasteiger partial charge in [0.2, 0.25) is 0 Å². The molecule has 21 heavy (non-hydrogen) atoms. The van der Waals surface area contributed by atoms with E-state index in [0.717, 1.165) is 15.6 Å². The van der Waals surface area contributed by atoms with Crippen molar-refractivity contribution in [2.24, 2.45) is 5.16 Å². The summed E-state index contributed by atoms with van der Waals surface area (Å²) in [6, 6.07) is 6.13. The van der Waals surface area contributed by atoms with E-state index >= 15 is 0 Å². The minimum absolute atomic E-state index is 0.207. The Bertz CT molecular complexity index is 653. The molecule has 1 aliphatic rings. The molecule has 1 heterocycles. The molecule has 0 saturated carbocycles. The molecule has 1 aromatic carbocycles. The van der Waals surface area contributed by atoms with Crippen LogP contribution in [0.2, 0.25) is 0 Å². The highest BCUT2D eigenvalue weighted by Gasteiger charge is 2.24. The lowest BCUT2D eigenvalue weighted by molar-refractivity contribution is 0.0888. The Kier molecular flexibility index (Phi) is 4.65. The SMILES string of the molecule is Cc1ccc(C2=NO[C@H](CNS(=O)(=O)N(C)C)C2)cc1C. The molecule has 0 radical (unpaired) electrons. The summed E-state index contributed by atoms with van der Waals surface area (Å²) in [5.41, 5.74) is 4.31. The van der Waals surface area contributed by atoms with Crippen molar-refractivity contribution in [2.45, 2.75) is 26.4 Å². The first-order valence-electron chi connectivity index (χ1n) is 6.77. The standard InChI is InChI=1S/C14H21N3O3S/c1-10-5-6-12(7-11(10)2)14-8-13(20-16-14)9-15-21(18,19)17(3)4/h5-7,13,15H,8-9H2,1-4H3/t13-/m0/s1. The van der Waals surface area contributed by atoms with Gasteiger partial charge in [-0.3, -0.25) is 0 Å². The average molecular weight is 311 g/mol. The Morgan fingerprint density at radius 2 is 2.05 bits per heavy atom. The zero-order valence-electron chi connectivity index (χ0n) is 12.8. The van der Waals surface area contributed by atoms with E-state index in [1.165, 1.54) is 25.2 Å². The summed E-state index contributed by atoms with van der Waals surface area (Å²) in [5.74, 6) is 0. The van der Waals surface area contributed by atoms with Gasteiger partial charge >= 0.3 is 0 Å². The van der Waals surface area contributed by atoms with Gasteiger partial charge in [0.05, 0.1) is 12.3 Å². The topological polar surface area (TPSA) is 71.0 Å². The van der Waals surface area contributed by atoms with Gasteiger partial charge in [-0.15, -0.1) is 0 Å². The van der Waals surface area contributed by atoms with E-state index in [1.54, 1.807) is 0 Å². The van der Waals surface area contributed by atoms with E-state index in [2.05, 4.69) is 35.9 Å². The molecule has 116 valence electrons. The lowest BCUT2D eigenvalue weighted by Crippen LogP contribution is -2.39. The van der Waals surface area contributed by atoms with Crippen LogP contribution in [0.5, 0.6) is 0 Å². The molecular formula is C14H21N3O3S. The van der Waals surface area contributed by atoms with E-state index in [1.807, 2.05) is 6.07 Å². The maximum Gasteiger partial charge on any atom is 0.279 e. The number of rotatable bonds is 5. The molecule has 6 nitrogen and oxygen atoms in total. The highest BCUT2D eigenvalue weighted by molar-refractivity contribution is 7.87. The molecule has 0 fully saturated rings. The fourth-order valence-electron chi connectivity index (χ4n) is 1.96. The smallest absolute Gasteiger partial charge is 0.279 e. The largest absolute Gasteiger partial charge is 0.390 e. The van der Waals surface area contributed by atoms with Gasteiger partial charge in [-0.1, -0.05) is 17.3 Å². The van der Waals surface area contributed by atoms with E-state index in [-0.39, 0.29) is 12.6 Å². The van der Waals surface area contributed by atoms with Crippen molar-refractivity contribution < 1.29 is 13.3 Å². The van der Waals surface area contributed by atoms with Gasteiger partial charge in [0.25, 0.3) is 10.2 Å². The van der Waals surface area contributed by atoms with Crippen LogP contribution in [0.3, 0.4) is 0 Å². The first-order valence-corrected chi connectivity index (χ1v) is 8.21. The Hall–Kier alpha value is -1.44. The molecule has 0 saturated heterocycles. The van der Waals surface area contributed by atoms with Crippen LogP contribution in [-0.2, 0) is 15.0 Å². The molecule has 1 aromatic rings. The van der Waals surface area contributed by atoms with Gasteiger partial charge in [-0.2, -0.15) is 17.4 Å². The second kappa shape index (κ2) is 6.13. The van der Waals surface area contributed by atoms with Gasteiger partial charge in [0.1, 0.15) is 6.10 Å². The summed E-state index contributed by atoms with van der Waals surface area (Å²) in [6.45, 7) is 4.32. The summed E-state index contributed by atoms with van der Waals surface area (Å²) in [5, 5.41) is 4.07. The third kappa shape index (κ3) is 3.81. The van der Waals surface area contributed by atoms with Crippen molar-refractivity contribution in [2.75, 3.05) is 20.6 Å². The molecule has 0 bridgehead atoms. The molecular weight excluding hydrogens is 290 g/mol. The van der Waals surface area contributed by atoms with Crippen LogP contribution in [0.15, 0.2) is 23.4 Å². The predicted molar refractivity (Wildman–Crippen MR) is 82.6 cm³/mol. The molecule has 1 aliphatic heterocycles. The van der Waals surface area contributed by atoms with E-state index < -0.39 is 10.2 Å². The number of nitrogens with one attached hydrogen (secondary N) is 1. The average Bonchev–Trinajstić information content (AvgIpc) is 2.88. The van der Waals surface area contributed by atoms with E-state index in [0.29, 0.717) is 6.42 Å². The van der Waals surface area contributed by atoms with Crippen LogP contribution >= 0.6 is 0 Å². The normalized spacial score (nSPS) is 18.7. The number of hydrogen-bond acceptors (Lipinski definition) is 4. The highest BCUT2D eigenvalue weighted by atomic mass is 32.2. The van der Waals surface area contributed by atoms with Crippen LogP contribution in [0, 0.1) is 13.8 Å². The fourth-order valence-corrected chi connectivity index (χ4v) is 2.61. The second-order valence-electron chi connectivity index (χ2n) is 5.40. The molecule has 0 amide bonds. The van der Waals surface area contributed by atoms with Crippen molar-refractivity contribution in [1.82, 2.24) is 9.03 Å². The van der Waals surface area contributed by atoms with Crippen LogP contribution in [-0.4, -0.2) is 45.2 Å². The summed E-state index contributed by atoms with van der Waals surface area (Å²) in [6.07, 6.45) is 0.328. The lowest BCUT2D eigenvalue weighted by atomic mass is 10.0. The molecule has 7 heteroatoms. The highest BCUT2D eigenvalue weighted by Crippen LogP contribution is 2.18. The van der Waals surface area contributed by atoms with Gasteiger partial charge in [0, 0.05) is 20.5 Å². The molecule has 1 atom stereocenters. The molecule has 2 rings (SSSR count). The third-order valence-corrected chi connectivity index (χ3v) is 5.04. The van der Waals surface area contributed by atoms with Crippen LogP contribution in [0.1, 0.15) is 23.1 Å². The quantitative estimate of drug-likeness (QED) is 0.888. The van der Waals surface area contributed by atoms with Crippen LogP contribution in [0.25, 0.3) is 0 Å². The Morgan fingerprint density at radius 1 is 1.33 bits per heavy atom. The summed E-state index contributed by atoms with van der Waals surface area (Å²) >= 11 is 0. The maximum absolute atomic E-state index is 11.6. The Labute approximate surface area is 126 Å². The number of hydrogen-bond donors (Lipinski definition) is 1. The number of oxime groups is 1. The van der Waals surface area contributed by atoms with Crippen molar-refractivity contribution in [1.29, 1.82) is 0 Å². The van der Waals surface area contributed by atoms with Crippen LogP contribution in [0.4, 0.5) is 0 Å². The van der Waals surface area contributed by atoms with Crippen molar-refractivity contribution in [3.63, 3.8) is 0 Å². The second-order valence-corrected chi connectivity index (χ2v) is 7.37. The minimum Gasteiger partial charge on any atom is -0.390 e. The van der Waals surface area contributed by atoms with Gasteiger partial charge in [-0.05, 0) is 36.6 Å².